The average molecular weight is 305 g/mol. The lowest BCUT2D eigenvalue weighted by molar-refractivity contribution is 0.245. The van der Waals surface area contributed by atoms with Gasteiger partial charge in [0.1, 0.15) is 0 Å². The van der Waals surface area contributed by atoms with E-state index < -0.39 is 16.1 Å². The summed E-state index contributed by atoms with van der Waals surface area (Å²) >= 11 is 0. The van der Waals surface area contributed by atoms with E-state index in [1.807, 2.05) is 4.72 Å². The molecule has 0 aliphatic heterocycles. The van der Waals surface area contributed by atoms with Crippen molar-refractivity contribution >= 4 is 21.7 Å². The molecular weight excluding hydrogens is 290 g/mol. The van der Waals surface area contributed by atoms with Crippen LogP contribution in [0, 0.1) is 0 Å². The number of anilines is 1. The van der Waals surface area contributed by atoms with Crippen molar-refractivity contribution in [3.63, 3.8) is 0 Å². The summed E-state index contributed by atoms with van der Waals surface area (Å²) in [4.78, 5) is 11.7. The molecule has 2 rings (SSSR count). The Morgan fingerprint density at radius 3 is 2.43 bits per heavy atom. The first-order valence-corrected chi connectivity index (χ1v) is 7.66. The minimum atomic E-state index is -3.86. The summed E-state index contributed by atoms with van der Waals surface area (Å²) in [7, 11) is -3.86. The van der Waals surface area contributed by atoms with Crippen LogP contribution < -0.4 is 15.8 Å². The number of hydrogen-bond acceptors (Lipinski definition) is 4. The molecule has 0 fully saturated rings. The first kappa shape index (κ1) is 14.9. The van der Waals surface area contributed by atoms with Gasteiger partial charge in [-0.25, -0.2) is 17.9 Å². The summed E-state index contributed by atoms with van der Waals surface area (Å²) in [6, 6.07) is 13.8. The Morgan fingerprint density at radius 1 is 1.05 bits per heavy atom. The van der Waals surface area contributed by atoms with Gasteiger partial charge in [0.05, 0.1) is 4.90 Å². The van der Waals surface area contributed by atoms with Crippen LogP contribution in [0.15, 0.2) is 59.5 Å². The molecule has 6 nitrogen and oxygen atoms in total. The molecule has 7 heteroatoms. The van der Waals surface area contributed by atoms with Gasteiger partial charge in [0, 0.05) is 12.2 Å². The molecule has 21 heavy (non-hydrogen) atoms. The van der Waals surface area contributed by atoms with Crippen LogP contribution in [0.1, 0.15) is 5.56 Å². The summed E-state index contributed by atoms with van der Waals surface area (Å²) in [5.41, 5.74) is 6.97. The molecule has 110 valence electrons. The highest BCUT2D eigenvalue weighted by Crippen LogP contribution is 2.08. The highest BCUT2D eigenvalue weighted by atomic mass is 32.2. The predicted molar refractivity (Wildman–Crippen MR) is 79.9 cm³/mol. The molecule has 2 amide bonds. The van der Waals surface area contributed by atoms with Crippen LogP contribution >= 0.6 is 0 Å². The maximum absolute atomic E-state index is 11.9. The minimum absolute atomic E-state index is 0.0316. The van der Waals surface area contributed by atoms with Crippen molar-refractivity contribution in [1.29, 1.82) is 0 Å². The third-order valence-electron chi connectivity index (χ3n) is 2.68. The van der Waals surface area contributed by atoms with Gasteiger partial charge in [0.25, 0.3) is 10.0 Å². The van der Waals surface area contributed by atoms with Crippen molar-refractivity contribution in [3.05, 3.63) is 60.2 Å². The first-order valence-electron chi connectivity index (χ1n) is 6.17. The number of benzene rings is 2. The van der Waals surface area contributed by atoms with Crippen molar-refractivity contribution in [1.82, 2.24) is 10.0 Å². The quantitative estimate of drug-likeness (QED) is 0.744. The van der Waals surface area contributed by atoms with Crippen LogP contribution in [-0.4, -0.2) is 14.4 Å². The zero-order chi connectivity index (χ0) is 15.3. The number of urea groups is 1. The van der Waals surface area contributed by atoms with Gasteiger partial charge >= 0.3 is 6.03 Å². The number of hydrogen-bond donors (Lipinski definition) is 3. The van der Waals surface area contributed by atoms with Gasteiger partial charge in [-0.05, 0) is 29.8 Å². The molecule has 0 heterocycles. The maximum atomic E-state index is 11.9. The highest BCUT2D eigenvalue weighted by molar-refractivity contribution is 7.90. The number of amides is 2. The number of carbonyl (C=O) groups excluding carboxylic acids is 1. The summed E-state index contributed by atoms with van der Waals surface area (Å²) in [5.74, 6) is 0. The molecule has 2 aromatic rings. The molecule has 4 N–H and O–H groups in total. The molecule has 0 aliphatic carbocycles. The van der Waals surface area contributed by atoms with E-state index in [2.05, 4.69) is 5.32 Å². The van der Waals surface area contributed by atoms with Crippen LogP contribution in [0.5, 0.6) is 0 Å². The largest absolute Gasteiger partial charge is 0.399 e. The molecule has 0 saturated carbocycles. The van der Waals surface area contributed by atoms with Gasteiger partial charge in [-0.1, -0.05) is 30.3 Å². The van der Waals surface area contributed by atoms with Crippen LogP contribution in [0.3, 0.4) is 0 Å². The average Bonchev–Trinajstić information content (AvgIpc) is 2.46. The standard InChI is InChI=1S/C14H15N3O3S/c15-12-6-4-5-11(9-12)10-16-14(18)17-21(19,20)13-7-2-1-3-8-13/h1-9H,10,15H2,(H2,16,17,18). The number of nitrogens with one attached hydrogen (secondary N) is 2. The molecule has 0 saturated heterocycles. The van der Waals surface area contributed by atoms with E-state index in [1.54, 1.807) is 42.5 Å². The Labute approximate surface area is 123 Å². The second kappa shape index (κ2) is 6.27. The zero-order valence-corrected chi connectivity index (χ0v) is 11.9. The van der Waals surface area contributed by atoms with Crippen molar-refractivity contribution in [2.45, 2.75) is 11.4 Å². The fourth-order valence-electron chi connectivity index (χ4n) is 1.70. The summed E-state index contributed by atoms with van der Waals surface area (Å²) in [6.45, 7) is 0.182. The van der Waals surface area contributed by atoms with E-state index in [-0.39, 0.29) is 11.4 Å². The number of carbonyl (C=O) groups is 1. The molecule has 0 aromatic heterocycles. The van der Waals surface area contributed by atoms with Gasteiger partial charge in [-0.3, -0.25) is 0 Å². The Balaban J connectivity index is 1.96. The maximum Gasteiger partial charge on any atom is 0.328 e. The first-order chi connectivity index (χ1) is 9.97. The topological polar surface area (TPSA) is 101 Å². The second-order valence-electron chi connectivity index (χ2n) is 4.35. The molecule has 0 radical (unpaired) electrons. The van der Waals surface area contributed by atoms with Crippen LogP contribution in [0.4, 0.5) is 10.5 Å². The van der Waals surface area contributed by atoms with E-state index in [4.69, 9.17) is 5.73 Å². The van der Waals surface area contributed by atoms with Gasteiger partial charge in [0.2, 0.25) is 0 Å². The number of nitrogens with two attached hydrogens (primary N) is 1. The van der Waals surface area contributed by atoms with Crippen molar-refractivity contribution in [2.75, 3.05) is 5.73 Å². The normalized spacial score (nSPS) is 10.9. The van der Waals surface area contributed by atoms with Crippen LogP contribution in [0.2, 0.25) is 0 Å². The van der Waals surface area contributed by atoms with Crippen LogP contribution in [-0.2, 0) is 16.6 Å². The lowest BCUT2D eigenvalue weighted by Crippen LogP contribution is -2.39. The lowest BCUT2D eigenvalue weighted by atomic mass is 10.2. The Morgan fingerprint density at radius 2 is 1.76 bits per heavy atom. The Kier molecular flexibility index (Phi) is 4.44. The molecular formula is C14H15N3O3S. The Bertz CT molecular complexity index is 730. The van der Waals surface area contributed by atoms with E-state index >= 15 is 0 Å². The molecule has 0 aliphatic rings. The summed E-state index contributed by atoms with van der Waals surface area (Å²) < 4.78 is 25.8. The molecule has 0 bridgehead atoms. The van der Waals surface area contributed by atoms with E-state index in [9.17, 15) is 13.2 Å². The van der Waals surface area contributed by atoms with Gasteiger partial charge in [-0.15, -0.1) is 0 Å². The summed E-state index contributed by atoms with van der Waals surface area (Å²) in [6.07, 6.45) is 0. The molecule has 0 atom stereocenters. The third kappa shape index (κ3) is 4.22. The van der Waals surface area contributed by atoms with Crippen LogP contribution in [0.25, 0.3) is 0 Å². The number of sulfonamides is 1. The third-order valence-corrected chi connectivity index (χ3v) is 4.03. The fraction of sp³-hybridized carbons (Fsp3) is 0.0714. The van der Waals surface area contributed by atoms with E-state index in [0.29, 0.717) is 5.69 Å². The lowest BCUT2D eigenvalue weighted by Gasteiger charge is -2.09. The van der Waals surface area contributed by atoms with Crippen molar-refractivity contribution in [3.8, 4) is 0 Å². The smallest absolute Gasteiger partial charge is 0.328 e. The number of nitrogen functional groups attached to an aromatic ring is 1. The zero-order valence-electron chi connectivity index (χ0n) is 11.1. The van der Waals surface area contributed by atoms with Gasteiger partial charge in [-0.2, -0.15) is 0 Å². The molecule has 2 aromatic carbocycles. The van der Waals surface area contributed by atoms with E-state index in [1.165, 1.54) is 12.1 Å². The van der Waals surface area contributed by atoms with Crippen molar-refractivity contribution < 1.29 is 13.2 Å². The fourth-order valence-corrected chi connectivity index (χ4v) is 2.65. The predicted octanol–water partition coefficient (Wildman–Crippen LogP) is 1.46. The Hall–Kier alpha value is -2.54. The second-order valence-corrected chi connectivity index (χ2v) is 6.03. The molecule has 0 spiro atoms. The van der Waals surface area contributed by atoms with Gasteiger partial charge in [0.15, 0.2) is 0 Å². The minimum Gasteiger partial charge on any atom is -0.399 e. The highest BCUT2D eigenvalue weighted by Gasteiger charge is 2.16. The SMILES string of the molecule is Nc1cccc(CNC(=O)NS(=O)(=O)c2ccccc2)c1. The monoisotopic (exact) mass is 305 g/mol. The molecule has 0 unspecified atom stereocenters. The number of rotatable bonds is 4. The van der Waals surface area contributed by atoms with Gasteiger partial charge < -0.3 is 11.1 Å². The van der Waals surface area contributed by atoms with Crippen molar-refractivity contribution in [2.24, 2.45) is 0 Å². The van der Waals surface area contributed by atoms with E-state index in [0.717, 1.165) is 5.56 Å². The summed E-state index contributed by atoms with van der Waals surface area (Å²) in [5, 5.41) is 2.47.